The van der Waals surface area contributed by atoms with Crippen molar-refractivity contribution in [1.29, 1.82) is 0 Å². The third-order valence-electron chi connectivity index (χ3n) is 4.20. The molecule has 0 amide bonds. The fourth-order valence-corrected chi connectivity index (χ4v) is 3.14. The first-order valence-electron chi connectivity index (χ1n) is 7.07. The van der Waals surface area contributed by atoms with Crippen LogP contribution in [0.3, 0.4) is 0 Å². The number of hydrogen-bond donors (Lipinski definition) is 0. The molecule has 1 aliphatic heterocycles. The minimum absolute atomic E-state index is 0.187. The van der Waals surface area contributed by atoms with Gasteiger partial charge in [0.25, 0.3) is 5.69 Å². The number of nitro groups is 1. The summed E-state index contributed by atoms with van der Waals surface area (Å²) in [6, 6.07) is 4.01. The molecular weight excluding hydrogens is 254 g/mol. The first-order chi connectivity index (χ1) is 9.40. The lowest BCUT2D eigenvalue weighted by Gasteiger charge is -2.37. The van der Waals surface area contributed by atoms with E-state index in [9.17, 15) is 10.1 Å². The van der Waals surface area contributed by atoms with Crippen LogP contribution < -0.4 is 4.90 Å². The van der Waals surface area contributed by atoms with Crippen molar-refractivity contribution in [3.05, 3.63) is 33.4 Å². The molecule has 0 bridgehead atoms. The standard InChI is InChI=1S/C15H23N3O2/c1-11-9-14(18(19)20)10-12(2)15(11)17-7-5-13(6-8-17)16(3)4/h9-10,13H,5-8H2,1-4H3. The highest BCUT2D eigenvalue weighted by Gasteiger charge is 2.23. The summed E-state index contributed by atoms with van der Waals surface area (Å²) in [6.45, 7) is 5.96. The maximum absolute atomic E-state index is 10.9. The third-order valence-corrected chi connectivity index (χ3v) is 4.20. The number of rotatable bonds is 3. The van der Waals surface area contributed by atoms with Gasteiger partial charge in [-0.3, -0.25) is 10.1 Å². The molecular formula is C15H23N3O2. The lowest BCUT2D eigenvalue weighted by atomic mass is 10.00. The zero-order chi connectivity index (χ0) is 14.9. The lowest BCUT2D eigenvalue weighted by Crippen LogP contribution is -2.42. The second kappa shape index (κ2) is 5.79. The number of nitro benzene ring substituents is 1. The van der Waals surface area contributed by atoms with E-state index in [1.165, 1.54) is 5.69 Å². The number of hydrogen-bond acceptors (Lipinski definition) is 4. The molecule has 1 fully saturated rings. The minimum Gasteiger partial charge on any atom is -0.371 e. The molecule has 0 aromatic heterocycles. The van der Waals surface area contributed by atoms with Gasteiger partial charge >= 0.3 is 0 Å². The van der Waals surface area contributed by atoms with Crippen molar-refractivity contribution in [3.63, 3.8) is 0 Å². The van der Waals surface area contributed by atoms with E-state index < -0.39 is 0 Å². The molecule has 0 unspecified atom stereocenters. The van der Waals surface area contributed by atoms with E-state index in [4.69, 9.17) is 0 Å². The SMILES string of the molecule is Cc1cc([N+](=O)[O-])cc(C)c1N1CCC(N(C)C)CC1. The maximum Gasteiger partial charge on any atom is 0.270 e. The third kappa shape index (κ3) is 2.93. The van der Waals surface area contributed by atoms with Gasteiger partial charge in [0.15, 0.2) is 0 Å². The number of piperidine rings is 1. The number of nitrogens with zero attached hydrogens (tertiary/aromatic N) is 3. The molecule has 0 radical (unpaired) electrons. The van der Waals surface area contributed by atoms with Gasteiger partial charge in [-0.25, -0.2) is 0 Å². The summed E-state index contributed by atoms with van der Waals surface area (Å²) < 4.78 is 0. The largest absolute Gasteiger partial charge is 0.371 e. The van der Waals surface area contributed by atoms with Crippen LogP contribution in [0.25, 0.3) is 0 Å². The zero-order valence-corrected chi connectivity index (χ0v) is 12.7. The second-order valence-corrected chi connectivity index (χ2v) is 5.87. The average Bonchev–Trinajstić information content (AvgIpc) is 2.38. The van der Waals surface area contributed by atoms with Crippen LogP contribution in [0.15, 0.2) is 12.1 Å². The Kier molecular flexibility index (Phi) is 4.28. The van der Waals surface area contributed by atoms with Crippen molar-refractivity contribution in [2.24, 2.45) is 0 Å². The monoisotopic (exact) mass is 277 g/mol. The minimum atomic E-state index is -0.317. The Labute approximate surface area is 120 Å². The highest BCUT2D eigenvalue weighted by molar-refractivity contribution is 5.63. The first-order valence-corrected chi connectivity index (χ1v) is 7.07. The van der Waals surface area contributed by atoms with Gasteiger partial charge in [-0.15, -0.1) is 0 Å². The van der Waals surface area contributed by atoms with Crippen molar-refractivity contribution >= 4 is 11.4 Å². The van der Waals surface area contributed by atoms with Gasteiger partial charge in [0.05, 0.1) is 4.92 Å². The fraction of sp³-hybridized carbons (Fsp3) is 0.600. The second-order valence-electron chi connectivity index (χ2n) is 5.87. The van der Waals surface area contributed by atoms with Gasteiger partial charge in [0.1, 0.15) is 0 Å². The van der Waals surface area contributed by atoms with Gasteiger partial charge in [-0.1, -0.05) is 0 Å². The summed E-state index contributed by atoms with van der Waals surface area (Å²) in [4.78, 5) is 15.2. The molecule has 5 nitrogen and oxygen atoms in total. The molecule has 110 valence electrons. The molecule has 0 aliphatic carbocycles. The molecule has 1 aliphatic rings. The van der Waals surface area contributed by atoms with Crippen LogP contribution in [0.4, 0.5) is 11.4 Å². The highest BCUT2D eigenvalue weighted by Crippen LogP contribution is 2.31. The quantitative estimate of drug-likeness (QED) is 0.629. The Morgan fingerprint density at radius 2 is 1.70 bits per heavy atom. The molecule has 1 saturated heterocycles. The predicted molar refractivity (Wildman–Crippen MR) is 81.5 cm³/mol. The van der Waals surface area contributed by atoms with Crippen LogP contribution in [-0.2, 0) is 0 Å². The van der Waals surface area contributed by atoms with Gasteiger partial charge in [0, 0.05) is 37.0 Å². The Balaban J connectivity index is 2.20. The van der Waals surface area contributed by atoms with Crippen LogP contribution in [0.2, 0.25) is 0 Å². The summed E-state index contributed by atoms with van der Waals surface area (Å²) in [5.41, 5.74) is 3.36. The smallest absolute Gasteiger partial charge is 0.270 e. The van der Waals surface area contributed by atoms with Crippen molar-refractivity contribution in [1.82, 2.24) is 4.90 Å². The van der Waals surface area contributed by atoms with Gasteiger partial charge in [-0.05, 0) is 51.9 Å². The number of anilines is 1. The summed E-state index contributed by atoms with van der Waals surface area (Å²) in [6.07, 6.45) is 2.28. The fourth-order valence-electron chi connectivity index (χ4n) is 3.14. The Morgan fingerprint density at radius 1 is 1.20 bits per heavy atom. The van der Waals surface area contributed by atoms with Crippen molar-refractivity contribution < 1.29 is 4.92 Å². The number of benzene rings is 1. The highest BCUT2D eigenvalue weighted by atomic mass is 16.6. The van der Waals surface area contributed by atoms with Crippen LogP contribution in [0.1, 0.15) is 24.0 Å². The molecule has 1 aromatic carbocycles. The average molecular weight is 277 g/mol. The molecule has 0 atom stereocenters. The van der Waals surface area contributed by atoms with Gasteiger partial charge in [0.2, 0.25) is 0 Å². The van der Waals surface area contributed by atoms with E-state index in [0.29, 0.717) is 6.04 Å². The summed E-state index contributed by atoms with van der Waals surface area (Å²) in [5.74, 6) is 0. The predicted octanol–water partition coefficient (Wildman–Crippen LogP) is 2.74. The Hall–Kier alpha value is -1.62. The topological polar surface area (TPSA) is 49.6 Å². The lowest BCUT2D eigenvalue weighted by molar-refractivity contribution is -0.384. The number of non-ortho nitro benzene ring substituents is 1. The normalized spacial score (nSPS) is 16.8. The van der Waals surface area contributed by atoms with Crippen LogP contribution in [0.5, 0.6) is 0 Å². The van der Waals surface area contributed by atoms with Crippen LogP contribution in [0, 0.1) is 24.0 Å². The maximum atomic E-state index is 10.9. The van der Waals surface area contributed by atoms with E-state index in [1.807, 2.05) is 13.8 Å². The van der Waals surface area contributed by atoms with Crippen LogP contribution >= 0.6 is 0 Å². The van der Waals surface area contributed by atoms with Gasteiger partial charge in [-0.2, -0.15) is 0 Å². The van der Waals surface area contributed by atoms with E-state index in [1.54, 1.807) is 12.1 Å². The molecule has 5 heteroatoms. The van der Waals surface area contributed by atoms with Gasteiger partial charge < -0.3 is 9.80 Å². The van der Waals surface area contributed by atoms with E-state index in [0.717, 1.165) is 37.1 Å². The molecule has 20 heavy (non-hydrogen) atoms. The van der Waals surface area contributed by atoms with Crippen molar-refractivity contribution in [3.8, 4) is 0 Å². The summed E-state index contributed by atoms with van der Waals surface area (Å²) >= 11 is 0. The molecule has 0 N–H and O–H groups in total. The Morgan fingerprint density at radius 3 is 2.10 bits per heavy atom. The van der Waals surface area contributed by atoms with E-state index in [-0.39, 0.29) is 10.6 Å². The molecule has 0 spiro atoms. The van der Waals surface area contributed by atoms with Crippen LogP contribution in [-0.4, -0.2) is 43.0 Å². The molecule has 1 heterocycles. The number of aryl methyl sites for hydroxylation is 2. The first kappa shape index (κ1) is 14.8. The van der Waals surface area contributed by atoms with E-state index >= 15 is 0 Å². The van der Waals surface area contributed by atoms with Crippen molar-refractivity contribution in [2.45, 2.75) is 32.7 Å². The zero-order valence-electron chi connectivity index (χ0n) is 12.7. The van der Waals surface area contributed by atoms with E-state index in [2.05, 4.69) is 23.9 Å². The Bertz CT molecular complexity index is 483. The summed E-state index contributed by atoms with van der Waals surface area (Å²) in [7, 11) is 4.26. The summed E-state index contributed by atoms with van der Waals surface area (Å²) in [5, 5.41) is 10.9. The molecule has 2 rings (SSSR count). The molecule has 0 saturated carbocycles. The van der Waals surface area contributed by atoms with Crippen molar-refractivity contribution in [2.75, 3.05) is 32.1 Å². The molecule has 1 aromatic rings.